The highest BCUT2D eigenvalue weighted by atomic mass is 79.9. The van der Waals surface area contributed by atoms with Crippen LogP contribution < -0.4 is 21.5 Å². The molecule has 0 unspecified atom stereocenters. The maximum atomic E-state index is 8.74. The Labute approximate surface area is 173 Å². The number of hydrogen-bond acceptors (Lipinski definition) is 1. The van der Waals surface area contributed by atoms with Crippen LogP contribution in [0.15, 0.2) is 24.5 Å². The van der Waals surface area contributed by atoms with Gasteiger partial charge < -0.3 is 22.1 Å². The summed E-state index contributed by atoms with van der Waals surface area (Å²) >= 11 is 0. The van der Waals surface area contributed by atoms with E-state index in [0.717, 1.165) is 13.0 Å². The Morgan fingerprint density at radius 1 is 0.692 bits per heavy atom. The zero-order chi connectivity index (χ0) is 18.0. The number of unbranched alkanes of at least 4 members (excludes halogenated alkanes) is 12. The van der Waals surface area contributed by atoms with Crippen LogP contribution in [0.25, 0.3) is 0 Å². The molecule has 0 fully saturated rings. The molecule has 2 nitrogen and oxygen atoms in total. The lowest BCUT2D eigenvalue weighted by Gasteiger charge is -2.03. The number of pyridine rings is 1. The third kappa shape index (κ3) is 14.7. The highest BCUT2D eigenvalue weighted by Gasteiger charge is 2.01. The van der Waals surface area contributed by atoms with Crippen LogP contribution in [0, 0.1) is 0 Å². The Hall–Kier alpha value is -0.410. The van der Waals surface area contributed by atoms with Crippen molar-refractivity contribution < 1.29 is 26.7 Å². The molecule has 1 aromatic rings. The Kier molecular flexibility index (Phi) is 19.0. The highest BCUT2D eigenvalue weighted by Crippen LogP contribution is 2.10. The number of aliphatic hydroxyl groups is 1. The lowest BCUT2D eigenvalue weighted by molar-refractivity contribution is -0.697. The molecule has 0 bridgehead atoms. The van der Waals surface area contributed by atoms with E-state index in [1.807, 2.05) is 0 Å². The van der Waals surface area contributed by atoms with Crippen LogP contribution >= 0.6 is 0 Å². The van der Waals surface area contributed by atoms with Crippen LogP contribution in [0.4, 0.5) is 0 Å². The van der Waals surface area contributed by atoms with Crippen molar-refractivity contribution in [3.8, 4) is 0 Å². The van der Waals surface area contributed by atoms with E-state index in [4.69, 9.17) is 5.11 Å². The van der Waals surface area contributed by atoms with E-state index >= 15 is 0 Å². The van der Waals surface area contributed by atoms with E-state index < -0.39 is 0 Å². The Balaban J connectivity index is 0.00000625. The fourth-order valence-electron chi connectivity index (χ4n) is 3.38. The van der Waals surface area contributed by atoms with Gasteiger partial charge >= 0.3 is 0 Å². The minimum atomic E-state index is 0. The first-order chi connectivity index (χ1) is 12.4. The average Bonchev–Trinajstić information content (AvgIpc) is 2.64. The molecular weight excluding hydrogens is 386 g/mol. The van der Waals surface area contributed by atoms with E-state index in [9.17, 15) is 0 Å². The van der Waals surface area contributed by atoms with Crippen molar-refractivity contribution in [3.63, 3.8) is 0 Å². The van der Waals surface area contributed by atoms with Gasteiger partial charge in [0.15, 0.2) is 12.4 Å². The van der Waals surface area contributed by atoms with Crippen molar-refractivity contribution in [3.05, 3.63) is 30.1 Å². The molecule has 0 aromatic carbocycles. The van der Waals surface area contributed by atoms with Crippen LogP contribution in [0.3, 0.4) is 0 Å². The van der Waals surface area contributed by atoms with Crippen LogP contribution in [0.5, 0.6) is 0 Å². The summed E-state index contributed by atoms with van der Waals surface area (Å²) in [6, 6.07) is 4.63. The van der Waals surface area contributed by atoms with Crippen molar-refractivity contribution >= 4 is 0 Å². The van der Waals surface area contributed by atoms with Crippen molar-refractivity contribution in [2.24, 2.45) is 0 Å². The molecule has 152 valence electrons. The molecule has 0 saturated carbocycles. The second kappa shape index (κ2) is 19.4. The summed E-state index contributed by atoms with van der Waals surface area (Å²) in [7, 11) is 0. The maximum absolute atomic E-state index is 8.74. The van der Waals surface area contributed by atoms with E-state index in [1.165, 1.54) is 95.5 Å². The number of rotatable bonds is 17. The van der Waals surface area contributed by atoms with Crippen LogP contribution in [-0.4, -0.2) is 11.7 Å². The molecule has 0 aliphatic rings. The predicted octanol–water partition coefficient (Wildman–Crippen LogP) is 2.99. The number of nitrogens with zero attached hydrogens (tertiary/aromatic N) is 1. The quantitative estimate of drug-likeness (QED) is 0.299. The smallest absolute Gasteiger partial charge is 0.169 e. The Bertz CT molecular complexity index is 394. The number of aliphatic hydroxyl groups excluding tert-OH is 1. The van der Waals surface area contributed by atoms with Crippen molar-refractivity contribution in [2.75, 3.05) is 6.61 Å². The highest BCUT2D eigenvalue weighted by molar-refractivity contribution is 5.07. The fourth-order valence-corrected chi connectivity index (χ4v) is 3.38. The first kappa shape index (κ1) is 25.6. The predicted molar refractivity (Wildman–Crippen MR) is 108 cm³/mol. The van der Waals surface area contributed by atoms with E-state index in [1.54, 1.807) is 0 Å². The van der Waals surface area contributed by atoms with E-state index in [0.29, 0.717) is 6.61 Å². The van der Waals surface area contributed by atoms with Crippen LogP contribution in [0.2, 0.25) is 0 Å². The third-order valence-electron chi connectivity index (χ3n) is 5.10. The molecule has 3 heteroatoms. The molecule has 26 heavy (non-hydrogen) atoms. The summed E-state index contributed by atoms with van der Waals surface area (Å²) in [5, 5.41) is 8.74. The molecule has 0 amide bonds. The zero-order valence-electron chi connectivity index (χ0n) is 17.1. The third-order valence-corrected chi connectivity index (χ3v) is 5.10. The lowest BCUT2D eigenvalue weighted by Crippen LogP contribution is -3.00. The van der Waals surface area contributed by atoms with Gasteiger partial charge in [-0.15, -0.1) is 0 Å². The molecule has 1 heterocycles. The normalized spacial score (nSPS) is 10.7. The molecule has 0 atom stereocenters. The van der Waals surface area contributed by atoms with Gasteiger partial charge in [0.2, 0.25) is 0 Å². The van der Waals surface area contributed by atoms with E-state index in [2.05, 4.69) is 36.0 Å². The SMILES string of the molecule is CCCCCCCCc1cc[n+](CCCCCCCCCCO)cc1.[Br-]. The summed E-state index contributed by atoms with van der Waals surface area (Å²) in [4.78, 5) is 0. The van der Waals surface area contributed by atoms with Gasteiger partial charge in [-0.1, -0.05) is 71.1 Å². The molecule has 0 aliphatic heterocycles. The largest absolute Gasteiger partial charge is 1.00 e. The van der Waals surface area contributed by atoms with Gasteiger partial charge in [-0.2, -0.15) is 0 Å². The van der Waals surface area contributed by atoms with Gasteiger partial charge in [-0.25, -0.2) is 4.57 Å². The lowest BCUT2D eigenvalue weighted by atomic mass is 10.1. The first-order valence-electron chi connectivity index (χ1n) is 11.0. The molecule has 1 N–H and O–H groups in total. The Morgan fingerprint density at radius 2 is 1.19 bits per heavy atom. The monoisotopic (exact) mass is 427 g/mol. The van der Waals surface area contributed by atoms with Gasteiger partial charge in [0.05, 0.1) is 0 Å². The van der Waals surface area contributed by atoms with Crippen molar-refractivity contribution in [1.82, 2.24) is 0 Å². The van der Waals surface area contributed by atoms with Crippen molar-refractivity contribution in [2.45, 2.75) is 110 Å². The minimum Gasteiger partial charge on any atom is -1.00 e. The van der Waals surface area contributed by atoms with Gasteiger partial charge in [0.1, 0.15) is 6.54 Å². The standard InChI is InChI=1S/C23H42NO.BrH/c1-2-3-4-5-10-13-16-23-17-20-24(21-18-23)19-14-11-8-6-7-9-12-15-22-25;/h17-18,20-21,25H,2-16,19,22H2,1H3;1H/q+1;/p-1. The zero-order valence-corrected chi connectivity index (χ0v) is 18.7. The molecule has 0 radical (unpaired) electrons. The molecule has 1 aromatic heterocycles. The second-order valence-corrected chi connectivity index (χ2v) is 7.51. The Morgan fingerprint density at radius 3 is 1.77 bits per heavy atom. The van der Waals surface area contributed by atoms with Crippen LogP contribution in [-0.2, 0) is 13.0 Å². The maximum Gasteiger partial charge on any atom is 0.169 e. The fraction of sp³-hybridized carbons (Fsp3) is 0.783. The van der Waals surface area contributed by atoms with Gasteiger partial charge in [-0.3, -0.25) is 0 Å². The molecular formula is C23H42BrNO. The van der Waals surface area contributed by atoms with Crippen molar-refractivity contribution in [1.29, 1.82) is 0 Å². The first-order valence-corrected chi connectivity index (χ1v) is 11.0. The summed E-state index contributed by atoms with van der Waals surface area (Å²) in [6.07, 6.45) is 24.2. The summed E-state index contributed by atoms with van der Waals surface area (Å²) in [5.74, 6) is 0. The van der Waals surface area contributed by atoms with Gasteiger partial charge in [0, 0.05) is 25.2 Å². The van der Waals surface area contributed by atoms with Crippen LogP contribution in [0.1, 0.15) is 102 Å². The molecule has 1 rings (SSSR count). The number of halogens is 1. The van der Waals surface area contributed by atoms with Gasteiger partial charge in [0.25, 0.3) is 0 Å². The summed E-state index contributed by atoms with van der Waals surface area (Å²) in [6.45, 7) is 3.79. The van der Waals surface area contributed by atoms with E-state index in [-0.39, 0.29) is 17.0 Å². The average molecular weight is 428 g/mol. The minimum absolute atomic E-state index is 0. The topological polar surface area (TPSA) is 24.1 Å². The number of aryl methyl sites for hydroxylation is 2. The second-order valence-electron chi connectivity index (χ2n) is 7.51. The number of hydrogen-bond donors (Lipinski definition) is 1. The summed E-state index contributed by atoms with van der Waals surface area (Å²) < 4.78 is 2.34. The molecule has 0 spiro atoms. The summed E-state index contributed by atoms with van der Waals surface area (Å²) in [5.41, 5.74) is 1.50. The van der Waals surface area contributed by atoms with Gasteiger partial charge in [-0.05, 0) is 31.2 Å². The molecule has 0 saturated heterocycles. The number of aromatic nitrogens is 1. The molecule has 0 aliphatic carbocycles.